The normalized spacial score (nSPS) is 22.1. The molecule has 2 aromatic carbocycles. The first-order valence-corrected chi connectivity index (χ1v) is 11.2. The molecule has 2 aliphatic heterocycles. The molecule has 2 atom stereocenters. The maximum absolute atomic E-state index is 14.2. The molecule has 1 amide bonds. The van der Waals surface area contributed by atoms with Crippen LogP contribution in [0.4, 0.5) is 13.2 Å². The van der Waals surface area contributed by atoms with Crippen LogP contribution in [0.25, 0.3) is 0 Å². The van der Waals surface area contributed by atoms with E-state index in [9.17, 15) is 18.0 Å². The first-order chi connectivity index (χ1) is 15.9. The van der Waals surface area contributed by atoms with E-state index in [4.69, 9.17) is 56.3 Å². The van der Waals surface area contributed by atoms with E-state index in [0.717, 1.165) is 16.6 Å². The molecule has 0 aromatic heterocycles. The van der Waals surface area contributed by atoms with Gasteiger partial charge in [0.25, 0.3) is 11.5 Å². The van der Waals surface area contributed by atoms with Crippen LogP contribution < -0.4 is 0 Å². The average Bonchev–Trinajstić information content (AvgIpc) is 3.43. The Labute approximate surface area is 211 Å². The van der Waals surface area contributed by atoms with Gasteiger partial charge in [0.15, 0.2) is 0 Å². The molecule has 0 saturated heterocycles. The Morgan fingerprint density at radius 2 is 1.74 bits per heavy atom. The summed E-state index contributed by atoms with van der Waals surface area (Å²) in [6.07, 6.45) is -5.88. The van der Waals surface area contributed by atoms with Crippen molar-refractivity contribution in [3.8, 4) is 0 Å². The fourth-order valence-electron chi connectivity index (χ4n) is 3.51. The van der Waals surface area contributed by atoms with Crippen molar-refractivity contribution < 1.29 is 27.6 Å². The van der Waals surface area contributed by atoms with Crippen LogP contribution in [-0.4, -0.2) is 34.2 Å². The van der Waals surface area contributed by atoms with Gasteiger partial charge in [0.2, 0.25) is 6.23 Å². The largest absolute Gasteiger partial charge is 0.435 e. The Balaban J connectivity index is 1.56. The summed E-state index contributed by atoms with van der Waals surface area (Å²) in [5, 5.41) is 7.07. The topological polar surface area (TPSA) is 63.5 Å². The van der Waals surface area contributed by atoms with Crippen LogP contribution in [0.5, 0.6) is 0 Å². The van der Waals surface area contributed by atoms with E-state index in [-0.39, 0.29) is 31.9 Å². The number of nitrogens with zero attached hydrogens (tertiary/aromatic N) is 3. The Morgan fingerprint density at radius 1 is 1.12 bits per heavy atom. The number of hydrogen-bond acceptors (Lipinski definition) is 5. The molecule has 0 N–H and O–H groups in total. The summed E-state index contributed by atoms with van der Waals surface area (Å²) in [6, 6.07) is 7.84. The van der Waals surface area contributed by atoms with Crippen molar-refractivity contribution in [1.29, 1.82) is 0 Å². The van der Waals surface area contributed by atoms with Gasteiger partial charge in [0.1, 0.15) is 0 Å². The van der Waals surface area contributed by atoms with E-state index in [1.165, 1.54) is 24.3 Å². The first kappa shape index (κ1) is 24.9. The monoisotopic (exact) mass is 553 g/mol. The molecular formula is C21H14Cl4F3N3O3. The standard InChI is InChI=1S/C21H14Cl4F3N3O3/c1-10-6-17(33-29-10)31(25)19(32)12-4-2-11(3-5-12)16-9-20(34-30-16,21(26,27)28)13-7-14(22)18(24)15(23)8-13/h2-5,7-8,17H,6,9H2,1H3/t17?,20-/m0/s1. The minimum atomic E-state index is -4.85. The number of rotatable bonds is 4. The number of oxime groups is 2. The molecule has 0 fully saturated rings. The van der Waals surface area contributed by atoms with Crippen LogP contribution in [-0.2, 0) is 15.3 Å². The van der Waals surface area contributed by atoms with Gasteiger partial charge in [-0.25, -0.2) is 4.42 Å². The summed E-state index contributed by atoms with van der Waals surface area (Å²) in [4.78, 5) is 22.7. The average molecular weight is 555 g/mol. The quantitative estimate of drug-likeness (QED) is 0.303. The summed E-state index contributed by atoms with van der Waals surface area (Å²) in [7, 11) is 0. The van der Waals surface area contributed by atoms with Crippen LogP contribution in [0.15, 0.2) is 46.7 Å². The van der Waals surface area contributed by atoms with Crippen LogP contribution in [0, 0.1) is 0 Å². The summed E-state index contributed by atoms with van der Waals surface area (Å²) in [5.74, 6) is -0.553. The fraction of sp³-hybridized carbons (Fsp3) is 0.286. The number of amides is 1. The highest BCUT2D eigenvalue weighted by molar-refractivity contribution is 6.48. The van der Waals surface area contributed by atoms with E-state index in [1.807, 2.05) is 0 Å². The second kappa shape index (κ2) is 9.11. The van der Waals surface area contributed by atoms with Crippen molar-refractivity contribution >= 4 is 63.9 Å². The fourth-order valence-corrected chi connectivity index (χ4v) is 4.30. The SMILES string of the molecule is CC1=NOC(N(Cl)C(=O)c2ccc(C3=NO[C@@](c4cc(Cl)c(Cl)c(Cl)c4)(C(F)(F)F)C3)cc2)C1. The molecule has 0 aliphatic carbocycles. The molecule has 0 spiro atoms. The van der Waals surface area contributed by atoms with Crippen molar-refractivity contribution in [2.75, 3.05) is 0 Å². The van der Waals surface area contributed by atoms with Crippen LogP contribution in [0.2, 0.25) is 15.1 Å². The Morgan fingerprint density at radius 3 is 2.26 bits per heavy atom. The zero-order valence-electron chi connectivity index (χ0n) is 17.2. The molecule has 0 saturated carbocycles. The van der Waals surface area contributed by atoms with Crippen molar-refractivity contribution in [3.05, 3.63) is 68.2 Å². The molecule has 6 nitrogen and oxygen atoms in total. The maximum Gasteiger partial charge on any atom is 0.435 e. The zero-order valence-corrected chi connectivity index (χ0v) is 20.2. The number of carbonyl (C=O) groups is 1. The molecular weight excluding hydrogens is 541 g/mol. The number of halogens is 7. The van der Waals surface area contributed by atoms with Gasteiger partial charge in [-0.15, -0.1) is 0 Å². The lowest BCUT2D eigenvalue weighted by molar-refractivity contribution is -0.275. The van der Waals surface area contributed by atoms with Crippen molar-refractivity contribution in [2.24, 2.45) is 10.3 Å². The highest BCUT2D eigenvalue weighted by Crippen LogP contribution is 2.50. The predicted octanol–water partition coefficient (Wildman–Crippen LogP) is 6.95. The highest BCUT2D eigenvalue weighted by atomic mass is 35.5. The molecule has 1 unspecified atom stereocenters. The number of benzene rings is 2. The number of hydrogen-bond donors (Lipinski definition) is 0. The second-order valence-corrected chi connectivity index (χ2v) is 9.23. The van der Waals surface area contributed by atoms with Gasteiger partial charge in [-0.1, -0.05) is 57.2 Å². The maximum atomic E-state index is 14.2. The van der Waals surface area contributed by atoms with E-state index in [1.54, 1.807) is 6.92 Å². The van der Waals surface area contributed by atoms with Gasteiger partial charge >= 0.3 is 6.18 Å². The summed E-state index contributed by atoms with van der Waals surface area (Å²) in [6.45, 7) is 1.74. The van der Waals surface area contributed by atoms with Crippen LogP contribution >= 0.6 is 46.6 Å². The van der Waals surface area contributed by atoms with Crippen molar-refractivity contribution in [3.63, 3.8) is 0 Å². The molecule has 0 bridgehead atoms. The summed E-state index contributed by atoms with van der Waals surface area (Å²) < 4.78 is 43.4. The Kier molecular flexibility index (Phi) is 6.67. The van der Waals surface area contributed by atoms with Gasteiger partial charge < -0.3 is 9.68 Å². The van der Waals surface area contributed by atoms with Gasteiger partial charge in [0, 0.05) is 35.7 Å². The number of carbonyl (C=O) groups excluding carboxylic acids is 1. The lowest BCUT2D eigenvalue weighted by Crippen LogP contribution is -2.42. The minimum absolute atomic E-state index is 0.0180. The highest BCUT2D eigenvalue weighted by Gasteiger charge is 2.62. The predicted molar refractivity (Wildman–Crippen MR) is 123 cm³/mol. The number of alkyl halides is 3. The lowest BCUT2D eigenvalue weighted by Gasteiger charge is -2.30. The molecule has 2 heterocycles. The molecule has 2 aromatic rings. The Hall–Kier alpha value is -2.20. The van der Waals surface area contributed by atoms with Crippen molar-refractivity contribution in [2.45, 2.75) is 37.8 Å². The van der Waals surface area contributed by atoms with Gasteiger partial charge in [-0.2, -0.15) is 13.2 Å². The smallest absolute Gasteiger partial charge is 0.374 e. The van der Waals surface area contributed by atoms with Gasteiger partial charge in [-0.3, -0.25) is 4.79 Å². The molecule has 34 heavy (non-hydrogen) atoms. The van der Waals surface area contributed by atoms with E-state index in [2.05, 4.69) is 10.3 Å². The molecule has 180 valence electrons. The third-order valence-electron chi connectivity index (χ3n) is 5.35. The first-order valence-electron chi connectivity index (χ1n) is 9.69. The molecule has 2 aliphatic rings. The van der Waals surface area contributed by atoms with Gasteiger partial charge in [0.05, 0.1) is 26.5 Å². The zero-order chi connectivity index (χ0) is 24.8. The minimum Gasteiger partial charge on any atom is -0.374 e. The van der Waals surface area contributed by atoms with Crippen LogP contribution in [0.3, 0.4) is 0 Å². The lowest BCUT2D eigenvalue weighted by atomic mass is 9.86. The van der Waals surface area contributed by atoms with E-state index in [0.29, 0.717) is 17.7 Å². The molecule has 13 heteroatoms. The molecule has 0 radical (unpaired) electrons. The third-order valence-corrected chi connectivity index (χ3v) is 6.92. The van der Waals surface area contributed by atoms with E-state index >= 15 is 0 Å². The summed E-state index contributed by atoms with van der Waals surface area (Å²) >= 11 is 23.9. The summed E-state index contributed by atoms with van der Waals surface area (Å²) in [5.41, 5.74) is -1.91. The van der Waals surface area contributed by atoms with Crippen molar-refractivity contribution in [1.82, 2.24) is 4.42 Å². The van der Waals surface area contributed by atoms with Gasteiger partial charge in [-0.05, 0) is 36.8 Å². The molecule has 4 rings (SSSR count). The Bertz CT molecular complexity index is 1180. The second-order valence-electron chi connectivity index (χ2n) is 7.67. The third kappa shape index (κ3) is 4.42. The van der Waals surface area contributed by atoms with Crippen LogP contribution in [0.1, 0.15) is 41.3 Å². The van der Waals surface area contributed by atoms with E-state index < -0.39 is 30.3 Å².